The first-order chi connectivity index (χ1) is 7.65. The van der Waals surface area contributed by atoms with Crippen LogP contribution in [0.3, 0.4) is 0 Å². The second-order valence-corrected chi connectivity index (χ2v) is 4.13. The van der Waals surface area contributed by atoms with E-state index >= 15 is 0 Å². The molecule has 0 aliphatic carbocycles. The van der Waals surface area contributed by atoms with Gasteiger partial charge in [0.15, 0.2) is 11.6 Å². The first-order valence-corrected chi connectivity index (χ1v) is 6.19. The van der Waals surface area contributed by atoms with E-state index in [0.29, 0.717) is 6.61 Å². The molecule has 0 aliphatic rings. The predicted octanol–water partition coefficient (Wildman–Crippen LogP) is 2.66. The molecule has 0 fully saturated rings. The summed E-state index contributed by atoms with van der Waals surface area (Å²) in [7, 11) is 0. The topological polar surface area (TPSA) is 46.5 Å². The lowest BCUT2D eigenvalue weighted by molar-refractivity contribution is 0.0696. The van der Waals surface area contributed by atoms with E-state index in [9.17, 15) is 9.18 Å². The highest BCUT2D eigenvalue weighted by Crippen LogP contribution is 2.18. The lowest BCUT2D eigenvalue weighted by Crippen LogP contribution is -2.02. The predicted molar refractivity (Wildman–Crippen MR) is 61.9 cm³/mol. The number of carbonyl (C=O) groups is 1. The minimum Gasteiger partial charge on any atom is -0.490 e. The van der Waals surface area contributed by atoms with Crippen LogP contribution >= 0.6 is 11.8 Å². The average molecular weight is 244 g/mol. The van der Waals surface area contributed by atoms with Gasteiger partial charge in [0.05, 0.1) is 12.2 Å². The van der Waals surface area contributed by atoms with Crippen molar-refractivity contribution in [2.75, 3.05) is 18.6 Å². The van der Waals surface area contributed by atoms with E-state index in [-0.39, 0.29) is 11.3 Å². The minimum absolute atomic E-state index is 0.0750. The number of hydrogen-bond acceptors (Lipinski definition) is 3. The van der Waals surface area contributed by atoms with Crippen molar-refractivity contribution in [2.24, 2.45) is 0 Å². The van der Waals surface area contributed by atoms with Crippen LogP contribution in [0.4, 0.5) is 4.39 Å². The van der Waals surface area contributed by atoms with Gasteiger partial charge in [-0.2, -0.15) is 11.8 Å². The molecule has 0 saturated carbocycles. The normalized spacial score (nSPS) is 10.1. The quantitative estimate of drug-likeness (QED) is 0.781. The maximum absolute atomic E-state index is 13.3. The van der Waals surface area contributed by atoms with E-state index in [1.807, 2.05) is 6.26 Å². The van der Waals surface area contributed by atoms with Crippen molar-refractivity contribution >= 4 is 17.7 Å². The molecule has 0 amide bonds. The number of thioether (sulfide) groups is 1. The molecule has 0 aliphatic heterocycles. The van der Waals surface area contributed by atoms with E-state index in [2.05, 4.69) is 0 Å². The van der Waals surface area contributed by atoms with Crippen molar-refractivity contribution in [1.29, 1.82) is 0 Å². The fourth-order valence-corrected chi connectivity index (χ4v) is 1.54. The molecule has 0 heterocycles. The second-order valence-electron chi connectivity index (χ2n) is 3.15. The monoisotopic (exact) mass is 244 g/mol. The Balaban J connectivity index is 2.57. The molecule has 3 nitrogen and oxygen atoms in total. The summed E-state index contributed by atoms with van der Waals surface area (Å²) in [6.07, 6.45) is 2.82. The average Bonchev–Trinajstić information content (AvgIpc) is 2.26. The van der Waals surface area contributed by atoms with Gasteiger partial charge in [0.1, 0.15) is 0 Å². The maximum Gasteiger partial charge on any atom is 0.335 e. The highest BCUT2D eigenvalue weighted by molar-refractivity contribution is 7.98. The number of carboxylic acid groups (broad SMARTS) is 1. The summed E-state index contributed by atoms with van der Waals surface area (Å²) in [6.45, 7) is 0.435. The van der Waals surface area contributed by atoms with Crippen LogP contribution in [-0.4, -0.2) is 29.7 Å². The zero-order valence-electron chi connectivity index (χ0n) is 8.90. The Labute approximate surface area is 97.6 Å². The number of aromatic carboxylic acids is 1. The molecule has 1 aromatic rings. The van der Waals surface area contributed by atoms with Crippen LogP contribution < -0.4 is 4.74 Å². The van der Waals surface area contributed by atoms with Gasteiger partial charge in [-0.25, -0.2) is 9.18 Å². The first-order valence-electron chi connectivity index (χ1n) is 4.79. The Morgan fingerprint density at radius 2 is 2.31 bits per heavy atom. The minimum atomic E-state index is -1.15. The molecule has 0 radical (unpaired) electrons. The molecule has 0 unspecified atom stereocenters. The highest BCUT2D eigenvalue weighted by atomic mass is 32.2. The summed E-state index contributed by atoms with van der Waals surface area (Å²) in [5.41, 5.74) is -0.0750. The van der Waals surface area contributed by atoms with E-state index in [4.69, 9.17) is 9.84 Å². The van der Waals surface area contributed by atoms with Crippen LogP contribution in [0.1, 0.15) is 16.8 Å². The summed E-state index contributed by atoms with van der Waals surface area (Å²) in [4.78, 5) is 10.6. The van der Waals surface area contributed by atoms with Gasteiger partial charge in [-0.3, -0.25) is 0 Å². The van der Waals surface area contributed by atoms with Crippen molar-refractivity contribution in [3.8, 4) is 5.75 Å². The van der Waals surface area contributed by atoms with Crippen molar-refractivity contribution in [3.63, 3.8) is 0 Å². The van der Waals surface area contributed by atoms with E-state index in [0.717, 1.165) is 18.2 Å². The zero-order valence-corrected chi connectivity index (χ0v) is 9.72. The summed E-state index contributed by atoms with van der Waals surface area (Å²) in [6, 6.07) is 3.64. The fourth-order valence-electron chi connectivity index (χ4n) is 1.14. The van der Waals surface area contributed by atoms with Gasteiger partial charge in [-0.1, -0.05) is 0 Å². The Morgan fingerprint density at radius 1 is 1.56 bits per heavy atom. The lowest BCUT2D eigenvalue weighted by atomic mass is 10.2. The Bertz CT molecular complexity index is 368. The second kappa shape index (κ2) is 6.37. The Kier molecular flexibility index (Phi) is 5.11. The number of carboxylic acids is 1. The molecular formula is C11H13FO3S. The molecule has 0 bridgehead atoms. The number of hydrogen-bond donors (Lipinski definition) is 1. The van der Waals surface area contributed by atoms with E-state index in [1.165, 1.54) is 12.1 Å². The molecule has 1 rings (SSSR count). The Hall–Kier alpha value is -1.23. The number of halogens is 1. The molecule has 5 heteroatoms. The summed E-state index contributed by atoms with van der Waals surface area (Å²) >= 11 is 1.70. The van der Waals surface area contributed by atoms with Gasteiger partial charge in [0, 0.05) is 0 Å². The molecule has 0 atom stereocenters. The van der Waals surface area contributed by atoms with Crippen LogP contribution in [-0.2, 0) is 0 Å². The van der Waals surface area contributed by atoms with Gasteiger partial charge in [-0.15, -0.1) is 0 Å². The summed E-state index contributed by atoms with van der Waals surface area (Å²) in [5.74, 6) is -0.725. The van der Waals surface area contributed by atoms with Crippen molar-refractivity contribution in [3.05, 3.63) is 29.6 Å². The van der Waals surface area contributed by atoms with Gasteiger partial charge >= 0.3 is 5.97 Å². The van der Waals surface area contributed by atoms with E-state index in [1.54, 1.807) is 11.8 Å². The van der Waals surface area contributed by atoms with Gasteiger partial charge in [0.2, 0.25) is 0 Å². The van der Waals surface area contributed by atoms with E-state index < -0.39 is 11.8 Å². The fraction of sp³-hybridized carbons (Fsp3) is 0.364. The number of benzene rings is 1. The smallest absolute Gasteiger partial charge is 0.335 e. The van der Waals surface area contributed by atoms with Crippen LogP contribution in [0.25, 0.3) is 0 Å². The number of ether oxygens (including phenoxy) is 1. The summed E-state index contributed by atoms with van der Waals surface area (Å²) in [5, 5.41) is 8.64. The molecule has 1 aromatic carbocycles. The molecule has 0 aromatic heterocycles. The Morgan fingerprint density at radius 3 is 2.88 bits per heavy atom. The van der Waals surface area contributed by atoms with Gasteiger partial charge < -0.3 is 9.84 Å². The number of rotatable bonds is 6. The maximum atomic E-state index is 13.3. The zero-order chi connectivity index (χ0) is 12.0. The molecule has 1 N–H and O–H groups in total. The molecule has 16 heavy (non-hydrogen) atoms. The third-order valence-electron chi connectivity index (χ3n) is 1.93. The molecule has 0 saturated heterocycles. The SMILES string of the molecule is CSCCCOc1ccc(C(=O)O)cc1F. The summed E-state index contributed by atoms with van der Waals surface area (Å²) < 4.78 is 18.5. The van der Waals surface area contributed by atoms with Gasteiger partial charge in [-0.05, 0) is 36.6 Å². The highest BCUT2D eigenvalue weighted by Gasteiger charge is 2.08. The van der Waals surface area contributed by atoms with Crippen molar-refractivity contribution < 1.29 is 19.0 Å². The van der Waals surface area contributed by atoms with Crippen molar-refractivity contribution in [1.82, 2.24) is 0 Å². The standard InChI is InChI=1S/C11H13FO3S/c1-16-6-2-5-15-10-4-3-8(11(13)14)7-9(10)12/h3-4,7H,2,5-6H2,1H3,(H,13,14). The first kappa shape index (κ1) is 12.8. The largest absolute Gasteiger partial charge is 0.490 e. The van der Waals surface area contributed by atoms with Gasteiger partial charge in [0.25, 0.3) is 0 Å². The van der Waals surface area contributed by atoms with Crippen LogP contribution in [0.5, 0.6) is 5.75 Å². The molecule has 0 spiro atoms. The third-order valence-corrected chi connectivity index (χ3v) is 2.63. The molecular weight excluding hydrogens is 231 g/mol. The van der Waals surface area contributed by atoms with Crippen LogP contribution in [0.15, 0.2) is 18.2 Å². The van der Waals surface area contributed by atoms with Crippen molar-refractivity contribution in [2.45, 2.75) is 6.42 Å². The lowest BCUT2D eigenvalue weighted by Gasteiger charge is -2.06. The third kappa shape index (κ3) is 3.73. The van der Waals surface area contributed by atoms with Crippen LogP contribution in [0.2, 0.25) is 0 Å². The van der Waals surface area contributed by atoms with Crippen LogP contribution in [0, 0.1) is 5.82 Å². The molecule has 88 valence electrons.